The van der Waals surface area contributed by atoms with E-state index in [1.54, 1.807) is 24.3 Å². The van der Waals surface area contributed by atoms with Crippen LogP contribution in [0.5, 0.6) is 0 Å². The summed E-state index contributed by atoms with van der Waals surface area (Å²) in [5.74, 6) is 0.434. The van der Waals surface area contributed by atoms with E-state index in [1.807, 2.05) is 45.0 Å². The van der Waals surface area contributed by atoms with Crippen molar-refractivity contribution in [1.82, 2.24) is 10.2 Å². The second-order valence-corrected chi connectivity index (χ2v) is 9.22. The molecule has 1 aromatic heterocycles. The first kappa shape index (κ1) is 21.3. The molecule has 1 N–H and O–H groups in total. The lowest BCUT2D eigenvalue weighted by molar-refractivity contribution is -0.123. The number of nitrogens with one attached hydrogen (secondary N) is 1. The van der Waals surface area contributed by atoms with E-state index in [4.69, 9.17) is 4.42 Å². The van der Waals surface area contributed by atoms with Crippen LogP contribution in [0.4, 0.5) is 5.69 Å². The van der Waals surface area contributed by atoms with Crippen LogP contribution in [0, 0.1) is 5.41 Å². The molecule has 0 aliphatic rings. The summed E-state index contributed by atoms with van der Waals surface area (Å²) in [5, 5.41) is 11.2. The highest BCUT2D eigenvalue weighted by molar-refractivity contribution is 9.10. The van der Waals surface area contributed by atoms with E-state index in [-0.39, 0.29) is 17.4 Å². The van der Waals surface area contributed by atoms with Crippen LogP contribution in [0.15, 0.2) is 62.6 Å². The van der Waals surface area contributed by atoms with Gasteiger partial charge < -0.3 is 9.73 Å². The van der Waals surface area contributed by atoms with Crippen molar-refractivity contribution in [2.24, 2.45) is 5.41 Å². The summed E-state index contributed by atoms with van der Waals surface area (Å²) >= 11 is 4.60. The molecule has 2 aromatic carbocycles. The summed E-state index contributed by atoms with van der Waals surface area (Å²) in [7, 11) is 0. The maximum absolute atomic E-state index is 12.4. The fourth-order valence-corrected chi connectivity index (χ4v) is 3.33. The van der Waals surface area contributed by atoms with Gasteiger partial charge in [-0.3, -0.25) is 9.59 Å². The Morgan fingerprint density at radius 3 is 2.48 bits per heavy atom. The van der Waals surface area contributed by atoms with E-state index < -0.39 is 5.41 Å². The SMILES string of the molecule is CC(C)(C)C(=O)Nc1ccc(C(=O)CSc2nnc(-c3cccc(Br)c3)o2)cc1. The monoisotopic (exact) mass is 473 g/mol. The molecule has 0 bridgehead atoms. The zero-order valence-corrected chi connectivity index (χ0v) is 18.6. The normalized spacial score (nSPS) is 11.3. The van der Waals surface area contributed by atoms with Crippen molar-refractivity contribution < 1.29 is 14.0 Å². The first-order chi connectivity index (χ1) is 13.7. The Balaban J connectivity index is 1.58. The van der Waals surface area contributed by atoms with E-state index in [2.05, 4.69) is 31.4 Å². The molecule has 8 heteroatoms. The first-order valence-corrected chi connectivity index (χ1v) is 10.7. The number of anilines is 1. The van der Waals surface area contributed by atoms with Crippen LogP contribution in [0.25, 0.3) is 11.5 Å². The molecule has 0 radical (unpaired) electrons. The van der Waals surface area contributed by atoms with E-state index in [0.717, 1.165) is 10.0 Å². The Bertz CT molecular complexity index is 1030. The summed E-state index contributed by atoms with van der Waals surface area (Å²) in [6.07, 6.45) is 0. The summed E-state index contributed by atoms with van der Waals surface area (Å²) in [6.45, 7) is 5.53. The van der Waals surface area contributed by atoms with Gasteiger partial charge in [-0.05, 0) is 42.5 Å². The number of benzene rings is 2. The van der Waals surface area contributed by atoms with Crippen molar-refractivity contribution in [1.29, 1.82) is 0 Å². The van der Waals surface area contributed by atoms with Gasteiger partial charge in [0.2, 0.25) is 11.8 Å². The molecular formula is C21H20BrN3O3S. The minimum absolute atomic E-state index is 0.0640. The Hall–Kier alpha value is -2.45. The first-order valence-electron chi connectivity index (χ1n) is 8.89. The predicted molar refractivity (Wildman–Crippen MR) is 117 cm³/mol. The van der Waals surface area contributed by atoms with Gasteiger partial charge in [-0.15, -0.1) is 10.2 Å². The number of aromatic nitrogens is 2. The van der Waals surface area contributed by atoms with Crippen LogP contribution in [0.3, 0.4) is 0 Å². The smallest absolute Gasteiger partial charge is 0.277 e. The van der Waals surface area contributed by atoms with Crippen LogP contribution in [0.1, 0.15) is 31.1 Å². The van der Waals surface area contributed by atoms with Crippen molar-refractivity contribution in [3.05, 3.63) is 58.6 Å². The molecule has 1 amide bonds. The Labute approximate surface area is 181 Å². The maximum Gasteiger partial charge on any atom is 0.277 e. The van der Waals surface area contributed by atoms with Gasteiger partial charge in [-0.25, -0.2) is 0 Å². The number of ketones is 1. The number of halogens is 1. The highest BCUT2D eigenvalue weighted by Gasteiger charge is 2.21. The van der Waals surface area contributed by atoms with Gasteiger partial charge in [0.15, 0.2) is 5.78 Å². The third-order valence-corrected chi connectivity index (χ3v) is 5.26. The Kier molecular flexibility index (Phi) is 6.54. The van der Waals surface area contributed by atoms with Gasteiger partial charge in [0.1, 0.15) is 0 Å². The second-order valence-electron chi connectivity index (χ2n) is 7.38. The number of hydrogen-bond acceptors (Lipinski definition) is 6. The topological polar surface area (TPSA) is 85.1 Å². The molecule has 29 heavy (non-hydrogen) atoms. The molecule has 0 fully saturated rings. The fourth-order valence-electron chi connectivity index (χ4n) is 2.27. The van der Waals surface area contributed by atoms with E-state index in [1.165, 1.54) is 11.8 Å². The number of hydrogen-bond donors (Lipinski definition) is 1. The summed E-state index contributed by atoms with van der Waals surface area (Å²) < 4.78 is 6.54. The highest BCUT2D eigenvalue weighted by atomic mass is 79.9. The van der Waals surface area contributed by atoms with Crippen LogP contribution in [-0.2, 0) is 4.79 Å². The fraction of sp³-hybridized carbons (Fsp3) is 0.238. The number of carbonyl (C=O) groups is 2. The molecule has 3 aromatic rings. The van der Waals surface area contributed by atoms with Crippen LogP contribution in [-0.4, -0.2) is 27.6 Å². The predicted octanol–water partition coefficient (Wildman–Crippen LogP) is 5.46. The lowest BCUT2D eigenvalue weighted by Crippen LogP contribution is -2.27. The largest absolute Gasteiger partial charge is 0.411 e. The molecule has 0 saturated heterocycles. The molecule has 0 spiro atoms. The van der Waals surface area contributed by atoms with E-state index >= 15 is 0 Å². The quantitative estimate of drug-likeness (QED) is 0.377. The third-order valence-electron chi connectivity index (χ3n) is 3.95. The molecule has 0 aliphatic carbocycles. The molecule has 0 saturated carbocycles. The van der Waals surface area contributed by atoms with Crippen LogP contribution >= 0.6 is 27.7 Å². The number of amides is 1. The molecule has 0 unspecified atom stereocenters. The Morgan fingerprint density at radius 2 is 1.83 bits per heavy atom. The average molecular weight is 474 g/mol. The maximum atomic E-state index is 12.4. The molecule has 3 rings (SSSR count). The van der Waals surface area contributed by atoms with Gasteiger partial charge in [0.05, 0.1) is 5.75 Å². The van der Waals surface area contributed by atoms with Crippen molar-refractivity contribution in [3.63, 3.8) is 0 Å². The molecular weight excluding hydrogens is 454 g/mol. The molecule has 0 aliphatic heterocycles. The lowest BCUT2D eigenvalue weighted by atomic mass is 9.95. The van der Waals surface area contributed by atoms with Gasteiger partial charge in [0, 0.05) is 26.7 Å². The molecule has 6 nitrogen and oxygen atoms in total. The standard InChI is InChI=1S/C21H20BrN3O3S/c1-21(2,3)19(27)23-16-9-7-13(8-10-16)17(26)12-29-20-25-24-18(28-20)14-5-4-6-15(22)11-14/h4-11H,12H2,1-3H3,(H,23,27). The molecule has 0 atom stereocenters. The van der Waals surface area contributed by atoms with E-state index in [9.17, 15) is 9.59 Å². The number of thioether (sulfide) groups is 1. The van der Waals surface area contributed by atoms with Crippen molar-refractivity contribution in [2.45, 2.75) is 26.0 Å². The highest BCUT2D eigenvalue weighted by Crippen LogP contribution is 2.26. The van der Waals surface area contributed by atoms with Crippen LogP contribution < -0.4 is 5.32 Å². The van der Waals surface area contributed by atoms with Crippen molar-refractivity contribution in [2.75, 3.05) is 11.1 Å². The van der Waals surface area contributed by atoms with Crippen LogP contribution in [0.2, 0.25) is 0 Å². The Morgan fingerprint density at radius 1 is 1.10 bits per heavy atom. The number of carbonyl (C=O) groups excluding carboxylic acids is 2. The summed E-state index contributed by atoms with van der Waals surface area (Å²) in [5.41, 5.74) is 1.53. The van der Waals surface area contributed by atoms with Gasteiger partial charge >= 0.3 is 0 Å². The van der Waals surface area contributed by atoms with E-state index in [0.29, 0.717) is 22.4 Å². The summed E-state index contributed by atoms with van der Waals surface area (Å²) in [6, 6.07) is 14.4. The number of Topliss-reactive ketones (excluding diaryl/α,β-unsaturated/α-hetero) is 1. The average Bonchev–Trinajstić information content (AvgIpc) is 3.15. The minimum atomic E-state index is -0.482. The zero-order valence-electron chi connectivity index (χ0n) is 16.2. The second kappa shape index (κ2) is 8.92. The minimum Gasteiger partial charge on any atom is -0.411 e. The van der Waals surface area contributed by atoms with Gasteiger partial charge in [-0.2, -0.15) is 0 Å². The zero-order chi connectivity index (χ0) is 21.0. The number of rotatable bonds is 6. The van der Waals surface area contributed by atoms with Crippen molar-refractivity contribution >= 4 is 45.1 Å². The van der Waals surface area contributed by atoms with Gasteiger partial charge in [-0.1, -0.05) is 54.5 Å². The number of nitrogens with zero attached hydrogens (tertiary/aromatic N) is 2. The summed E-state index contributed by atoms with van der Waals surface area (Å²) in [4.78, 5) is 24.5. The lowest BCUT2D eigenvalue weighted by Gasteiger charge is -2.17. The molecule has 150 valence electrons. The molecule has 1 heterocycles. The third kappa shape index (κ3) is 5.77. The van der Waals surface area contributed by atoms with Crippen molar-refractivity contribution in [3.8, 4) is 11.5 Å². The van der Waals surface area contributed by atoms with Gasteiger partial charge in [0.25, 0.3) is 5.22 Å².